The van der Waals surface area contributed by atoms with Gasteiger partial charge in [-0.05, 0) is 42.9 Å². The van der Waals surface area contributed by atoms with Crippen molar-refractivity contribution in [2.24, 2.45) is 0 Å². The molecule has 5 heteroatoms. The van der Waals surface area contributed by atoms with E-state index in [1.54, 1.807) is 16.4 Å². The monoisotopic (exact) mass is 297 g/mol. The van der Waals surface area contributed by atoms with Gasteiger partial charge >= 0.3 is 0 Å². The van der Waals surface area contributed by atoms with Gasteiger partial charge in [-0.15, -0.1) is 0 Å². The zero-order valence-corrected chi connectivity index (χ0v) is 13.0. The molecule has 1 fully saturated rings. The summed E-state index contributed by atoms with van der Waals surface area (Å²) in [4.78, 5) is 0.368. The van der Waals surface area contributed by atoms with E-state index < -0.39 is 10.0 Å². The number of aliphatic hydroxyl groups excluding tert-OH is 1. The van der Waals surface area contributed by atoms with Gasteiger partial charge in [-0.1, -0.05) is 26.0 Å². The van der Waals surface area contributed by atoms with E-state index in [0.717, 1.165) is 24.8 Å². The lowest BCUT2D eigenvalue weighted by Crippen LogP contribution is -2.35. The maximum atomic E-state index is 12.9. The topological polar surface area (TPSA) is 57.6 Å². The van der Waals surface area contributed by atoms with Crippen LogP contribution >= 0.6 is 0 Å². The first kappa shape index (κ1) is 15.5. The zero-order valence-electron chi connectivity index (χ0n) is 12.2. The minimum Gasteiger partial charge on any atom is -0.392 e. The number of benzene rings is 1. The summed E-state index contributed by atoms with van der Waals surface area (Å²) < 4.78 is 27.4. The summed E-state index contributed by atoms with van der Waals surface area (Å²) in [6.07, 6.45) is 3.39. The highest BCUT2D eigenvalue weighted by Gasteiger charge is 2.35. The number of aryl methyl sites for hydroxylation is 1. The van der Waals surface area contributed by atoms with E-state index in [9.17, 15) is 13.5 Å². The second-order valence-corrected chi connectivity index (χ2v) is 7.13. The predicted molar refractivity (Wildman–Crippen MR) is 78.9 cm³/mol. The Bertz CT molecular complexity index is 568. The van der Waals surface area contributed by atoms with Crippen molar-refractivity contribution in [1.29, 1.82) is 0 Å². The van der Waals surface area contributed by atoms with Crippen molar-refractivity contribution in [3.8, 4) is 0 Å². The Morgan fingerprint density at radius 2 is 2.10 bits per heavy atom. The lowest BCUT2D eigenvalue weighted by molar-refractivity contribution is 0.281. The average molecular weight is 297 g/mol. The van der Waals surface area contributed by atoms with Crippen LogP contribution in [0.4, 0.5) is 0 Å². The molecule has 4 nitrogen and oxygen atoms in total. The van der Waals surface area contributed by atoms with E-state index in [1.165, 1.54) is 0 Å². The smallest absolute Gasteiger partial charge is 0.243 e. The highest BCUT2D eigenvalue weighted by atomic mass is 32.2. The van der Waals surface area contributed by atoms with Crippen LogP contribution in [0, 0.1) is 0 Å². The van der Waals surface area contributed by atoms with Gasteiger partial charge in [0.2, 0.25) is 10.0 Å². The summed E-state index contributed by atoms with van der Waals surface area (Å²) in [5, 5.41) is 9.25. The number of hydrogen-bond donors (Lipinski definition) is 1. The maximum absolute atomic E-state index is 12.9. The molecule has 1 N–H and O–H groups in total. The molecule has 1 aromatic rings. The molecule has 0 radical (unpaired) electrons. The minimum atomic E-state index is -3.45. The van der Waals surface area contributed by atoms with Crippen LogP contribution in [0.15, 0.2) is 23.1 Å². The molecule has 1 saturated heterocycles. The van der Waals surface area contributed by atoms with Crippen LogP contribution in [0.2, 0.25) is 0 Å². The van der Waals surface area contributed by atoms with E-state index >= 15 is 0 Å². The number of sulfonamides is 1. The first-order chi connectivity index (χ1) is 9.54. The fourth-order valence-electron chi connectivity index (χ4n) is 2.89. The van der Waals surface area contributed by atoms with Crippen LogP contribution in [0.5, 0.6) is 0 Å². The van der Waals surface area contributed by atoms with Gasteiger partial charge in [-0.2, -0.15) is 4.31 Å². The summed E-state index contributed by atoms with van der Waals surface area (Å²) in [6, 6.07) is 5.34. The van der Waals surface area contributed by atoms with Crippen molar-refractivity contribution in [2.45, 2.75) is 57.1 Å². The average Bonchev–Trinajstić information content (AvgIpc) is 2.95. The lowest BCUT2D eigenvalue weighted by atomic mass is 10.1. The molecule has 1 aromatic carbocycles. The number of aliphatic hydroxyl groups is 1. The van der Waals surface area contributed by atoms with Gasteiger partial charge in [-0.3, -0.25) is 0 Å². The van der Waals surface area contributed by atoms with E-state index in [-0.39, 0.29) is 12.6 Å². The van der Waals surface area contributed by atoms with Gasteiger partial charge in [0.25, 0.3) is 0 Å². The third-order valence-corrected chi connectivity index (χ3v) is 6.11. The van der Waals surface area contributed by atoms with Crippen LogP contribution in [0.25, 0.3) is 0 Å². The Morgan fingerprint density at radius 3 is 2.70 bits per heavy atom. The quantitative estimate of drug-likeness (QED) is 0.907. The van der Waals surface area contributed by atoms with Crippen LogP contribution in [0.3, 0.4) is 0 Å². The highest BCUT2D eigenvalue weighted by molar-refractivity contribution is 7.89. The first-order valence-corrected chi connectivity index (χ1v) is 8.73. The van der Waals surface area contributed by atoms with Crippen molar-refractivity contribution < 1.29 is 13.5 Å². The molecule has 1 aliphatic rings. The van der Waals surface area contributed by atoms with Gasteiger partial charge in [0.1, 0.15) is 0 Å². The summed E-state index contributed by atoms with van der Waals surface area (Å²) in [7, 11) is -3.45. The van der Waals surface area contributed by atoms with E-state index in [1.807, 2.05) is 19.9 Å². The third kappa shape index (κ3) is 2.75. The summed E-state index contributed by atoms with van der Waals surface area (Å²) in [5.74, 6) is 0. The highest BCUT2D eigenvalue weighted by Crippen LogP contribution is 2.30. The van der Waals surface area contributed by atoms with Crippen molar-refractivity contribution >= 4 is 10.0 Å². The zero-order chi connectivity index (χ0) is 14.8. The van der Waals surface area contributed by atoms with Gasteiger partial charge in [0.15, 0.2) is 0 Å². The third-order valence-electron chi connectivity index (χ3n) is 4.08. The molecule has 0 spiro atoms. The molecule has 0 bridgehead atoms. The van der Waals surface area contributed by atoms with Crippen LogP contribution < -0.4 is 0 Å². The second kappa shape index (κ2) is 6.24. The van der Waals surface area contributed by atoms with Gasteiger partial charge in [0.05, 0.1) is 11.5 Å². The fourth-order valence-corrected chi connectivity index (χ4v) is 5.00. The molecule has 1 aliphatic heterocycles. The predicted octanol–water partition coefficient (Wildman–Crippen LogP) is 2.30. The molecular weight excluding hydrogens is 274 g/mol. The van der Waals surface area contributed by atoms with Crippen LogP contribution in [0.1, 0.15) is 44.2 Å². The molecule has 0 saturated carbocycles. The van der Waals surface area contributed by atoms with E-state index in [4.69, 9.17) is 0 Å². The summed E-state index contributed by atoms with van der Waals surface area (Å²) >= 11 is 0. The molecule has 0 aliphatic carbocycles. The van der Waals surface area contributed by atoms with E-state index in [2.05, 4.69) is 0 Å². The molecule has 2 rings (SSSR count). The van der Waals surface area contributed by atoms with Gasteiger partial charge in [0, 0.05) is 12.6 Å². The SMILES string of the molecule is CCc1ccc(CO)cc1S(=O)(=O)N1CCCC1CC. The molecule has 1 unspecified atom stereocenters. The van der Waals surface area contributed by atoms with Crippen LogP contribution in [-0.2, 0) is 23.1 Å². The van der Waals surface area contributed by atoms with Crippen molar-refractivity contribution in [1.82, 2.24) is 4.31 Å². The summed E-state index contributed by atoms with van der Waals surface area (Å²) in [6.45, 7) is 4.45. The number of nitrogens with zero attached hydrogens (tertiary/aromatic N) is 1. The van der Waals surface area contributed by atoms with Crippen molar-refractivity contribution in [3.63, 3.8) is 0 Å². The lowest BCUT2D eigenvalue weighted by Gasteiger charge is -2.24. The Morgan fingerprint density at radius 1 is 1.35 bits per heavy atom. The standard InChI is InChI=1S/C15H23NO3S/c1-3-13-8-7-12(11-17)10-15(13)20(18,19)16-9-5-6-14(16)4-2/h7-8,10,14,17H,3-6,9,11H2,1-2H3. The maximum Gasteiger partial charge on any atom is 0.243 e. The number of rotatable bonds is 5. The normalized spacial score (nSPS) is 20.4. The second-order valence-electron chi connectivity index (χ2n) is 5.27. The molecule has 0 aromatic heterocycles. The van der Waals surface area contributed by atoms with E-state index in [0.29, 0.717) is 23.4 Å². The molecule has 112 valence electrons. The Hall–Kier alpha value is -0.910. The Kier molecular flexibility index (Phi) is 4.83. The van der Waals surface area contributed by atoms with Crippen LogP contribution in [-0.4, -0.2) is 30.4 Å². The van der Waals surface area contributed by atoms with Crippen molar-refractivity contribution in [3.05, 3.63) is 29.3 Å². The molecular formula is C15H23NO3S. The van der Waals surface area contributed by atoms with Gasteiger partial charge < -0.3 is 5.11 Å². The molecule has 1 heterocycles. The molecule has 0 amide bonds. The minimum absolute atomic E-state index is 0.113. The Balaban J connectivity index is 2.47. The first-order valence-electron chi connectivity index (χ1n) is 7.29. The fraction of sp³-hybridized carbons (Fsp3) is 0.600. The number of hydrogen-bond acceptors (Lipinski definition) is 3. The van der Waals surface area contributed by atoms with Gasteiger partial charge in [-0.25, -0.2) is 8.42 Å². The Labute approximate surface area is 121 Å². The molecule has 1 atom stereocenters. The largest absolute Gasteiger partial charge is 0.392 e. The summed E-state index contributed by atoms with van der Waals surface area (Å²) in [5.41, 5.74) is 1.47. The van der Waals surface area contributed by atoms with Crippen molar-refractivity contribution in [2.75, 3.05) is 6.54 Å². The molecule has 20 heavy (non-hydrogen) atoms.